The molecule has 0 saturated carbocycles. The van der Waals surface area contributed by atoms with Crippen LogP contribution in [0.2, 0.25) is 0 Å². The number of hydrogen-bond acceptors (Lipinski definition) is 3. The number of benzene rings is 3. The molecule has 3 aromatic carbocycles. The van der Waals surface area contributed by atoms with E-state index >= 15 is 0 Å². The van der Waals surface area contributed by atoms with Crippen LogP contribution in [-0.4, -0.2) is 13.1 Å². The third-order valence-electron chi connectivity index (χ3n) is 3.70. The summed E-state index contributed by atoms with van der Waals surface area (Å²) >= 11 is 6.94. The molecule has 0 N–H and O–H groups in total. The Bertz CT molecular complexity index is 831. The SMILES string of the molecule is COC(=O)c1cccc(N(c2ccc(Br)cc2)c2ccc(Br)cc2)c1. The second-order valence-electron chi connectivity index (χ2n) is 5.33. The lowest BCUT2D eigenvalue weighted by molar-refractivity contribution is 0.0601. The van der Waals surface area contributed by atoms with E-state index in [9.17, 15) is 4.79 Å². The van der Waals surface area contributed by atoms with Crippen molar-refractivity contribution >= 4 is 54.9 Å². The van der Waals surface area contributed by atoms with Gasteiger partial charge in [0.25, 0.3) is 0 Å². The molecule has 0 radical (unpaired) electrons. The molecule has 0 amide bonds. The minimum absolute atomic E-state index is 0.353. The number of esters is 1. The number of hydrogen-bond donors (Lipinski definition) is 0. The molecular formula is C20H15Br2NO2. The molecule has 3 rings (SSSR count). The Morgan fingerprint density at radius 3 is 1.80 bits per heavy atom. The number of ether oxygens (including phenoxy) is 1. The van der Waals surface area contributed by atoms with Gasteiger partial charge in [0.1, 0.15) is 0 Å². The van der Waals surface area contributed by atoms with Gasteiger partial charge < -0.3 is 9.64 Å². The summed E-state index contributed by atoms with van der Waals surface area (Å²) in [5.74, 6) is -0.353. The summed E-state index contributed by atoms with van der Waals surface area (Å²) in [7, 11) is 1.39. The molecule has 0 fully saturated rings. The fourth-order valence-electron chi connectivity index (χ4n) is 2.52. The van der Waals surface area contributed by atoms with Crippen molar-refractivity contribution in [2.45, 2.75) is 0 Å². The van der Waals surface area contributed by atoms with Crippen molar-refractivity contribution in [2.75, 3.05) is 12.0 Å². The summed E-state index contributed by atoms with van der Waals surface area (Å²) in [6, 6.07) is 23.5. The molecule has 3 aromatic rings. The molecule has 0 heterocycles. The first-order valence-electron chi connectivity index (χ1n) is 7.58. The van der Waals surface area contributed by atoms with Crippen LogP contribution < -0.4 is 4.90 Å². The second kappa shape index (κ2) is 7.85. The maximum absolute atomic E-state index is 11.9. The molecule has 0 aliphatic rings. The molecule has 0 aromatic heterocycles. The standard InChI is InChI=1S/C20H15Br2NO2/c1-25-20(24)14-3-2-4-19(13-14)23(17-9-5-15(21)6-10-17)18-11-7-16(22)8-12-18/h2-13H,1H3. The van der Waals surface area contributed by atoms with Crippen LogP contribution >= 0.6 is 31.9 Å². The minimum Gasteiger partial charge on any atom is -0.465 e. The number of carbonyl (C=O) groups is 1. The third kappa shape index (κ3) is 4.11. The topological polar surface area (TPSA) is 29.5 Å². The lowest BCUT2D eigenvalue weighted by Crippen LogP contribution is -2.11. The highest BCUT2D eigenvalue weighted by atomic mass is 79.9. The lowest BCUT2D eigenvalue weighted by Gasteiger charge is -2.26. The van der Waals surface area contributed by atoms with Crippen molar-refractivity contribution in [3.05, 3.63) is 87.3 Å². The van der Waals surface area contributed by atoms with Crippen molar-refractivity contribution < 1.29 is 9.53 Å². The Balaban J connectivity index is 2.12. The van der Waals surface area contributed by atoms with Crippen LogP contribution in [0.4, 0.5) is 17.1 Å². The minimum atomic E-state index is -0.353. The Labute approximate surface area is 163 Å². The zero-order valence-corrected chi connectivity index (χ0v) is 16.6. The number of carbonyl (C=O) groups excluding carboxylic acids is 1. The lowest BCUT2D eigenvalue weighted by atomic mass is 10.1. The van der Waals surface area contributed by atoms with E-state index in [-0.39, 0.29) is 5.97 Å². The summed E-state index contributed by atoms with van der Waals surface area (Å²) < 4.78 is 6.86. The number of halogens is 2. The summed E-state index contributed by atoms with van der Waals surface area (Å²) in [6.45, 7) is 0. The molecule has 126 valence electrons. The van der Waals surface area contributed by atoms with Gasteiger partial charge in [-0.1, -0.05) is 37.9 Å². The summed E-state index contributed by atoms with van der Waals surface area (Å²) in [5.41, 5.74) is 3.38. The van der Waals surface area contributed by atoms with Crippen LogP contribution in [0.5, 0.6) is 0 Å². The number of methoxy groups -OCH3 is 1. The maximum atomic E-state index is 11.9. The van der Waals surface area contributed by atoms with E-state index in [1.807, 2.05) is 66.7 Å². The highest BCUT2D eigenvalue weighted by Gasteiger charge is 2.14. The Hall–Kier alpha value is -2.11. The summed E-state index contributed by atoms with van der Waals surface area (Å²) in [5, 5.41) is 0. The van der Waals surface area contributed by atoms with Crippen molar-refractivity contribution in [3.8, 4) is 0 Å². The van der Waals surface area contributed by atoms with Gasteiger partial charge in [0.15, 0.2) is 0 Å². The number of rotatable bonds is 4. The van der Waals surface area contributed by atoms with Gasteiger partial charge in [-0.25, -0.2) is 4.79 Å². The highest BCUT2D eigenvalue weighted by Crippen LogP contribution is 2.35. The molecule has 5 heteroatoms. The van der Waals surface area contributed by atoms with Crippen molar-refractivity contribution in [1.82, 2.24) is 0 Å². The molecule has 0 aliphatic heterocycles. The monoisotopic (exact) mass is 459 g/mol. The third-order valence-corrected chi connectivity index (χ3v) is 4.75. The Kier molecular flexibility index (Phi) is 5.56. The van der Waals surface area contributed by atoms with Gasteiger partial charge in [0.05, 0.1) is 12.7 Å². The maximum Gasteiger partial charge on any atom is 0.337 e. The van der Waals surface area contributed by atoms with Gasteiger partial charge in [-0.05, 0) is 66.7 Å². The fourth-order valence-corrected chi connectivity index (χ4v) is 3.05. The molecule has 0 atom stereocenters. The quantitative estimate of drug-likeness (QED) is 0.418. The zero-order chi connectivity index (χ0) is 17.8. The van der Waals surface area contributed by atoms with Crippen LogP contribution in [0.15, 0.2) is 81.7 Å². The molecule has 25 heavy (non-hydrogen) atoms. The van der Waals surface area contributed by atoms with E-state index in [0.717, 1.165) is 26.0 Å². The molecule has 0 aliphatic carbocycles. The van der Waals surface area contributed by atoms with Crippen LogP contribution in [0, 0.1) is 0 Å². The number of anilines is 3. The van der Waals surface area contributed by atoms with Crippen LogP contribution in [-0.2, 0) is 4.74 Å². The van der Waals surface area contributed by atoms with E-state index in [1.54, 1.807) is 6.07 Å². The first-order chi connectivity index (χ1) is 12.1. The molecular weight excluding hydrogens is 446 g/mol. The van der Waals surface area contributed by atoms with Gasteiger partial charge in [-0.2, -0.15) is 0 Å². The summed E-state index contributed by atoms with van der Waals surface area (Å²) in [4.78, 5) is 14.0. The van der Waals surface area contributed by atoms with E-state index in [2.05, 4.69) is 36.8 Å². The van der Waals surface area contributed by atoms with Gasteiger partial charge >= 0.3 is 5.97 Å². The van der Waals surface area contributed by atoms with Gasteiger partial charge in [-0.3, -0.25) is 0 Å². The van der Waals surface area contributed by atoms with Gasteiger partial charge in [-0.15, -0.1) is 0 Å². The highest BCUT2D eigenvalue weighted by molar-refractivity contribution is 9.10. The smallest absolute Gasteiger partial charge is 0.337 e. The van der Waals surface area contributed by atoms with E-state index < -0.39 is 0 Å². The van der Waals surface area contributed by atoms with Gasteiger partial charge in [0, 0.05) is 26.0 Å². The van der Waals surface area contributed by atoms with Crippen LogP contribution in [0.25, 0.3) is 0 Å². The van der Waals surface area contributed by atoms with E-state index in [0.29, 0.717) is 5.56 Å². The van der Waals surface area contributed by atoms with Crippen molar-refractivity contribution in [3.63, 3.8) is 0 Å². The summed E-state index contributed by atoms with van der Waals surface area (Å²) in [6.07, 6.45) is 0. The second-order valence-corrected chi connectivity index (χ2v) is 7.16. The average molecular weight is 461 g/mol. The predicted octanol–water partition coefficient (Wildman–Crippen LogP) is 6.47. The van der Waals surface area contributed by atoms with Crippen molar-refractivity contribution in [1.29, 1.82) is 0 Å². The molecule has 0 bridgehead atoms. The van der Waals surface area contributed by atoms with Gasteiger partial charge in [0.2, 0.25) is 0 Å². The predicted molar refractivity (Wildman–Crippen MR) is 108 cm³/mol. The Morgan fingerprint density at radius 1 is 0.800 bits per heavy atom. The molecule has 0 spiro atoms. The first kappa shape index (κ1) is 17.7. The number of nitrogens with zero attached hydrogens (tertiary/aromatic N) is 1. The fraction of sp³-hybridized carbons (Fsp3) is 0.0500. The molecule has 3 nitrogen and oxygen atoms in total. The van der Waals surface area contributed by atoms with Crippen LogP contribution in [0.3, 0.4) is 0 Å². The van der Waals surface area contributed by atoms with Crippen LogP contribution in [0.1, 0.15) is 10.4 Å². The normalized spacial score (nSPS) is 10.4. The molecule has 0 saturated heterocycles. The Morgan fingerprint density at radius 2 is 1.32 bits per heavy atom. The first-order valence-corrected chi connectivity index (χ1v) is 9.17. The molecule has 0 unspecified atom stereocenters. The largest absolute Gasteiger partial charge is 0.465 e. The van der Waals surface area contributed by atoms with E-state index in [1.165, 1.54) is 7.11 Å². The van der Waals surface area contributed by atoms with Crippen molar-refractivity contribution in [2.24, 2.45) is 0 Å². The zero-order valence-electron chi connectivity index (χ0n) is 13.4. The van der Waals surface area contributed by atoms with E-state index in [4.69, 9.17) is 4.74 Å². The average Bonchev–Trinajstić information content (AvgIpc) is 2.64.